The van der Waals surface area contributed by atoms with Crippen LogP contribution in [0.25, 0.3) is 11.4 Å². The maximum Gasteiger partial charge on any atom is 0.181 e. The third kappa shape index (κ3) is 2.80. The van der Waals surface area contributed by atoms with Crippen LogP contribution < -0.4 is 5.73 Å². The number of aromatic nitrogens is 3. The molecule has 0 saturated heterocycles. The smallest absolute Gasteiger partial charge is 0.181 e. The summed E-state index contributed by atoms with van der Waals surface area (Å²) in [6.45, 7) is 0. The minimum absolute atomic E-state index is 0.330. The van der Waals surface area contributed by atoms with Crippen LogP contribution in [0.5, 0.6) is 0 Å². The van der Waals surface area contributed by atoms with Crippen LogP contribution in [0.1, 0.15) is 17.4 Å². The molecule has 1 heterocycles. The molecule has 0 aliphatic carbocycles. The van der Waals surface area contributed by atoms with Gasteiger partial charge in [0.15, 0.2) is 5.82 Å². The van der Waals surface area contributed by atoms with Crippen LogP contribution in [0.4, 0.5) is 8.78 Å². The molecular weight excluding hydrogens is 274 g/mol. The van der Waals surface area contributed by atoms with Crippen LogP contribution in [-0.4, -0.2) is 15.2 Å². The van der Waals surface area contributed by atoms with Crippen LogP contribution in [0.3, 0.4) is 0 Å². The van der Waals surface area contributed by atoms with Crippen molar-refractivity contribution in [3.63, 3.8) is 0 Å². The number of rotatable bonds is 3. The van der Waals surface area contributed by atoms with Gasteiger partial charge in [-0.15, -0.1) is 0 Å². The predicted octanol–water partition coefficient (Wildman–Crippen LogP) is 2.80. The van der Waals surface area contributed by atoms with Gasteiger partial charge in [-0.25, -0.2) is 13.8 Å². The summed E-state index contributed by atoms with van der Waals surface area (Å²) in [5.74, 6) is 0.105. The molecule has 3 N–H and O–H groups in total. The van der Waals surface area contributed by atoms with Crippen LogP contribution in [-0.2, 0) is 0 Å². The van der Waals surface area contributed by atoms with Crippen LogP contribution >= 0.6 is 0 Å². The maximum absolute atomic E-state index is 13.2. The zero-order valence-corrected chi connectivity index (χ0v) is 10.9. The van der Waals surface area contributed by atoms with Crippen molar-refractivity contribution >= 4 is 0 Å². The molecule has 0 aliphatic heterocycles. The molecule has 0 bridgehead atoms. The predicted molar refractivity (Wildman–Crippen MR) is 74.2 cm³/mol. The van der Waals surface area contributed by atoms with E-state index in [1.54, 1.807) is 24.3 Å². The number of halogens is 2. The number of nitrogens with zero attached hydrogens (tertiary/aromatic N) is 2. The Morgan fingerprint density at radius 1 is 1.00 bits per heavy atom. The largest absolute Gasteiger partial charge is 0.318 e. The summed E-state index contributed by atoms with van der Waals surface area (Å²) >= 11 is 0. The quantitative estimate of drug-likeness (QED) is 0.778. The zero-order chi connectivity index (χ0) is 14.8. The lowest BCUT2D eigenvalue weighted by molar-refractivity contribution is 0.626. The van der Waals surface area contributed by atoms with Crippen molar-refractivity contribution in [3.05, 3.63) is 71.6 Å². The number of nitrogens with two attached hydrogens (primary N) is 1. The van der Waals surface area contributed by atoms with Gasteiger partial charge in [0.1, 0.15) is 17.5 Å². The molecule has 4 nitrogen and oxygen atoms in total. The second-order valence-electron chi connectivity index (χ2n) is 4.58. The van der Waals surface area contributed by atoms with Gasteiger partial charge >= 0.3 is 0 Å². The molecular formula is C15H12F2N4. The lowest BCUT2D eigenvalue weighted by Crippen LogP contribution is -2.13. The van der Waals surface area contributed by atoms with Crippen LogP contribution in [0.15, 0.2) is 48.5 Å². The lowest BCUT2D eigenvalue weighted by atomic mass is 10.1. The van der Waals surface area contributed by atoms with Crippen molar-refractivity contribution in [1.82, 2.24) is 15.2 Å². The van der Waals surface area contributed by atoms with Crippen LogP contribution in [0.2, 0.25) is 0 Å². The molecule has 0 saturated carbocycles. The molecule has 3 rings (SSSR count). The molecule has 0 radical (unpaired) electrons. The molecule has 106 valence electrons. The van der Waals surface area contributed by atoms with Gasteiger partial charge in [0.25, 0.3) is 0 Å². The SMILES string of the molecule is NC(c1ccc(F)cc1)c1nc(-c2cccc(F)c2)n[nH]1. The summed E-state index contributed by atoms with van der Waals surface area (Å²) in [4.78, 5) is 4.27. The molecule has 0 spiro atoms. The third-order valence-electron chi connectivity index (χ3n) is 3.11. The Bertz CT molecular complexity index is 752. The van der Waals surface area contributed by atoms with Gasteiger partial charge < -0.3 is 5.73 Å². The molecule has 21 heavy (non-hydrogen) atoms. The fraction of sp³-hybridized carbons (Fsp3) is 0.0667. The average molecular weight is 286 g/mol. The van der Waals surface area contributed by atoms with Gasteiger partial charge in [0.2, 0.25) is 0 Å². The van der Waals surface area contributed by atoms with Crippen molar-refractivity contribution in [2.24, 2.45) is 5.73 Å². The number of aromatic amines is 1. The summed E-state index contributed by atoms with van der Waals surface area (Å²) in [5.41, 5.74) is 7.32. The Morgan fingerprint density at radius 3 is 2.48 bits per heavy atom. The van der Waals surface area contributed by atoms with Gasteiger partial charge in [0, 0.05) is 5.56 Å². The number of nitrogens with one attached hydrogen (secondary N) is 1. The molecule has 0 fully saturated rings. The summed E-state index contributed by atoms with van der Waals surface area (Å²) < 4.78 is 26.1. The van der Waals surface area contributed by atoms with Crippen molar-refractivity contribution in [2.75, 3.05) is 0 Å². The molecule has 0 aliphatic rings. The van der Waals surface area contributed by atoms with Crippen LogP contribution in [0, 0.1) is 11.6 Å². The van der Waals surface area contributed by atoms with E-state index >= 15 is 0 Å². The highest BCUT2D eigenvalue weighted by atomic mass is 19.1. The Kier molecular flexibility index (Phi) is 3.45. The Morgan fingerprint density at radius 2 is 1.76 bits per heavy atom. The van der Waals surface area contributed by atoms with Gasteiger partial charge in [-0.2, -0.15) is 5.10 Å². The van der Waals surface area contributed by atoms with E-state index in [1.165, 1.54) is 24.3 Å². The first-order valence-electron chi connectivity index (χ1n) is 6.33. The molecule has 1 aromatic heterocycles. The lowest BCUT2D eigenvalue weighted by Gasteiger charge is -2.07. The summed E-state index contributed by atoms with van der Waals surface area (Å²) in [7, 11) is 0. The summed E-state index contributed by atoms with van der Waals surface area (Å²) in [6, 6.07) is 11.3. The second kappa shape index (κ2) is 5.41. The van der Waals surface area contributed by atoms with E-state index in [4.69, 9.17) is 5.73 Å². The van der Waals surface area contributed by atoms with E-state index < -0.39 is 6.04 Å². The van der Waals surface area contributed by atoms with Gasteiger partial charge in [-0.1, -0.05) is 24.3 Å². The number of H-pyrrole nitrogens is 1. The molecule has 1 atom stereocenters. The molecule has 3 aromatic rings. The molecule has 6 heteroatoms. The molecule has 1 unspecified atom stereocenters. The first-order chi connectivity index (χ1) is 10.1. The summed E-state index contributed by atoms with van der Waals surface area (Å²) in [5, 5.41) is 6.77. The van der Waals surface area contributed by atoms with Crippen molar-refractivity contribution in [2.45, 2.75) is 6.04 Å². The van der Waals surface area contributed by atoms with Crippen molar-refractivity contribution < 1.29 is 8.78 Å². The monoisotopic (exact) mass is 286 g/mol. The number of hydrogen-bond acceptors (Lipinski definition) is 3. The summed E-state index contributed by atoms with van der Waals surface area (Å²) in [6.07, 6.45) is 0. The second-order valence-corrected chi connectivity index (χ2v) is 4.58. The first-order valence-corrected chi connectivity index (χ1v) is 6.33. The van der Waals surface area contributed by atoms with Gasteiger partial charge in [-0.3, -0.25) is 5.10 Å². The van der Waals surface area contributed by atoms with E-state index in [2.05, 4.69) is 15.2 Å². The Hall–Kier alpha value is -2.60. The minimum atomic E-state index is -0.555. The normalized spacial score (nSPS) is 12.3. The highest BCUT2D eigenvalue weighted by Crippen LogP contribution is 2.20. The molecule has 0 amide bonds. The standard InChI is InChI=1S/C15H12F2N4/c16-11-6-4-9(5-7-11)13(18)15-19-14(20-21-15)10-2-1-3-12(17)8-10/h1-8,13H,18H2,(H,19,20,21). The van der Waals surface area contributed by atoms with Crippen molar-refractivity contribution in [1.29, 1.82) is 0 Å². The fourth-order valence-corrected chi connectivity index (χ4v) is 2.00. The molecule has 2 aromatic carbocycles. The number of benzene rings is 2. The maximum atomic E-state index is 13.2. The average Bonchev–Trinajstić information content (AvgIpc) is 2.97. The zero-order valence-electron chi connectivity index (χ0n) is 10.9. The Balaban J connectivity index is 1.89. The highest BCUT2D eigenvalue weighted by molar-refractivity contribution is 5.54. The van der Waals surface area contributed by atoms with Crippen molar-refractivity contribution in [3.8, 4) is 11.4 Å². The highest BCUT2D eigenvalue weighted by Gasteiger charge is 2.15. The third-order valence-corrected chi connectivity index (χ3v) is 3.11. The first kappa shape index (κ1) is 13.4. The number of hydrogen-bond donors (Lipinski definition) is 2. The van der Waals surface area contributed by atoms with E-state index in [-0.39, 0.29) is 11.6 Å². The van der Waals surface area contributed by atoms with E-state index in [0.29, 0.717) is 22.8 Å². The minimum Gasteiger partial charge on any atom is -0.318 e. The van der Waals surface area contributed by atoms with E-state index in [0.717, 1.165) is 0 Å². The topological polar surface area (TPSA) is 67.6 Å². The van der Waals surface area contributed by atoms with Gasteiger partial charge in [0.05, 0.1) is 6.04 Å². The Labute approximate surface area is 119 Å². The van der Waals surface area contributed by atoms with E-state index in [9.17, 15) is 8.78 Å². The fourth-order valence-electron chi connectivity index (χ4n) is 2.00. The van der Waals surface area contributed by atoms with E-state index in [1.807, 2.05) is 0 Å². The van der Waals surface area contributed by atoms with Gasteiger partial charge in [-0.05, 0) is 29.8 Å².